The molecule has 1 N–H and O–H groups in total. The molecule has 0 radical (unpaired) electrons. The zero-order valence-electron chi connectivity index (χ0n) is 17.4. The van der Waals surface area contributed by atoms with Gasteiger partial charge >= 0.3 is 0 Å². The van der Waals surface area contributed by atoms with Crippen LogP contribution in [0.25, 0.3) is 22.2 Å². The number of aromatic nitrogens is 4. The van der Waals surface area contributed by atoms with Crippen molar-refractivity contribution in [2.24, 2.45) is 7.05 Å². The van der Waals surface area contributed by atoms with Crippen molar-refractivity contribution in [2.45, 2.75) is 20.8 Å². The molecule has 0 fully saturated rings. The molecule has 0 aliphatic heterocycles. The SMILES string of the molecule is Cc1cc(C)c(/C=C/S(=O)(=O)Nc2cnc3c(-c4ccns4)c(=O)n(C)n3c2)c(C)c1. The molecule has 160 valence electrons. The first kappa shape index (κ1) is 21.0. The minimum Gasteiger partial charge on any atom is -0.277 e. The molecular weight excluding hydrogens is 434 g/mol. The molecule has 0 aliphatic carbocycles. The van der Waals surface area contributed by atoms with Gasteiger partial charge in [0.1, 0.15) is 5.56 Å². The van der Waals surface area contributed by atoms with Gasteiger partial charge in [-0.15, -0.1) is 0 Å². The highest BCUT2D eigenvalue weighted by atomic mass is 32.2. The highest BCUT2D eigenvalue weighted by molar-refractivity contribution is 7.95. The number of aryl methyl sites for hydroxylation is 4. The second-order valence-corrected chi connectivity index (χ2v) is 9.75. The normalized spacial score (nSPS) is 12.1. The Balaban J connectivity index is 1.67. The molecule has 1 aromatic carbocycles. The lowest BCUT2D eigenvalue weighted by molar-refractivity contribution is 0.609. The van der Waals surface area contributed by atoms with Crippen LogP contribution in [0.5, 0.6) is 0 Å². The van der Waals surface area contributed by atoms with Gasteiger partial charge < -0.3 is 0 Å². The summed E-state index contributed by atoms with van der Waals surface area (Å²) in [4.78, 5) is 17.7. The van der Waals surface area contributed by atoms with E-state index in [4.69, 9.17) is 0 Å². The van der Waals surface area contributed by atoms with Crippen molar-refractivity contribution in [2.75, 3.05) is 4.72 Å². The summed E-state index contributed by atoms with van der Waals surface area (Å²) in [5.74, 6) is 0. The number of sulfonamides is 1. The quantitative estimate of drug-likeness (QED) is 0.497. The van der Waals surface area contributed by atoms with E-state index in [1.807, 2.05) is 32.9 Å². The summed E-state index contributed by atoms with van der Waals surface area (Å²) in [6.45, 7) is 5.90. The van der Waals surface area contributed by atoms with Gasteiger partial charge in [-0.05, 0) is 61.1 Å². The van der Waals surface area contributed by atoms with Crippen LogP contribution in [-0.2, 0) is 17.1 Å². The van der Waals surface area contributed by atoms with Crippen LogP contribution in [-0.4, -0.2) is 27.0 Å². The van der Waals surface area contributed by atoms with Gasteiger partial charge in [0.2, 0.25) is 0 Å². The van der Waals surface area contributed by atoms with Crippen LogP contribution in [0.15, 0.2) is 47.0 Å². The predicted molar refractivity (Wildman–Crippen MR) is 124 cm³/mol. The molecule has 10 heteroatoms. The summed E-state index contributed by atoms with van der Waals surface area (Å²) in [7, 11) is -2.18. The van der Waals surface area contributed by atoms with Crippen LogP contribution in [0.3, 0.4) is 0 Å². The largest absolute Gasteiger partial charge is 0.277 e. The smallest absolute Gasteiger partial charge is 0.277 e. The topological polar surface area (TPSA) is 98.4 Å². The van der Waals surface area contributed by atoms with E-state index in [9.17, 15) is 13.2 Å². The molecular formula is C21H21N5O3S2. The van der Waals surface area contributed by atoms with Gasteiger partial charge in [0, 0.05) is 13.2 Å². The zero-order valence-corrected chi connectivity index (χ0v) is 19.1. The average Bonchev–Trinajstić information content (AvgIpc) is 3.28. The van der Waals surface area contributed by atoms with E-state index in [1.165, 1.54) is 33.1 Å². The standard InChI is InChI=1S/C21H21N5O3S2/c1-13-9-14(2)17(15(3)10-13)6-8-31(28,29)24-16-11-22-20-19(18-5-7-23-30-18)21(27)25(4)26(20)12-16/h5-12,24H,1-4H3/b8-6+. The van der Waals surface area contributed by atoms with Crippen LogP contribution in [0, 0.1) is 20.8 Å². The molecule has 0 spiro atoms. The fraction of sp³-hybridized carbons (Fsp3) is 0.190. The van der Waals surface area contributed by atoms with Gasteiger partial charge in [0.25, 0.3) is 15.6 Å². The molecule has 0 amide bonds. The van der Waals surface area contributed by atoms with E-state index in [2.05, 4.69) is 14.1 Å². The van der Waals surface area contributed by atoms with Gasteiger partial charge in [-0.2, -0.15) is 0 Å². The van der Waals surface area contributed by atoms with Crippen molar-refractivity contribution in [1.29, 1.82) is 0 Å². The highest BCUT2D eigenvalue weighted by Gasteiger charge is 2.18. The Morgan fingerprint density at radius 2 is 1.87 bits per heavy atom. The van der Waals surface area contributed by atoms with Gasteiger partial charge in [0.05, 0.1) is 28.4 Å². The lowest BCUT2D eigenvalue weighted by atomic mass is 10.0. The number of nitrogens with one attached hydrogen (secondary N) is 1. The number of anilines is 1. The van der Waals surface area contributed by atoms with Crippen LogP contribution in [0.2, 0.25) is 0 Å². The Hall–Kier alpha value is -3.24. The first-order chi connectivity index (χ1) is 14.7. The second kappa shape index (κ2) is 7.78. The molecule has 0 bridgehead atoms. The summed E-state index contributed by atoms with van der Waals surface area (Å²) in [5.41, 5.74) is 4.88. The third-order valence-electron chi connectivity index (χ3n) is 4.96. The van der Waals surface area contributed by atoms with Crippen molar-refractivity contribution in [3.8, 4) is 10.4 Å². The van der Waals surface area contributed by atoms with E-state index in [-0.39, 0.29) is 11.2 Å². The Kier molecular flexibility index (Phi) is 5.28. The molecule has 8 nitrogen and oxygen atoms in total. The van der Waals surface area contributed by atoms with E-state index in [0.717, 1.165) is 27.7 Å². The fourth-order valence-corrected chi connectivity index (χ4v) is 5.05. The maximum Gasteiger partial charge on any atom is 0.277 e. The Morgan fingerprint density at radius 1 is 1.16 bits per heavy atom. The minimum atomic E-state index is -3.78. The number of rotatable bonds is 5. The molecule has 0 saturated carbocycles. The minimum absolute atomic E-state index is 0.234. The molecule has 4 rings (SSSR count). The summed E-state index contributed by atoms with van der Waals surface area (Å²) in [6.07, 6.45) is 6.13. The van der Waals surface area contributed by atoms with Crippen molar-refractivity contribution in [1.82, 2.24) is 18.6 Å². The summed E-state index contributed by atoms with van der Waals surface area (Å²) in [5, 5.41) is 1.14. The molecule has 0 aliphatic rings. The number of fused-ring (bicyclic) bond motifs is 1. The van der Waals surface area contributed by atoms with Crippen LogP contribution < -0.4 is 10.3 Å². The van der Waals surface area contributed by atoms with E-state index in [0.29, 0.717) is 16.1 Å². The third kappa shape index (κ3) is 4.04. The lowest BCUT2D eigenvalue weighted by Crippen LogP contribution is -2.16. The Bertz CT molecular complexity index is 1460. The number of hydrogen-bond acceptors (Lipinski definition) is 6. The van der Waals surface area contributed by atoms with Gasteiger partial charge in [-0.25, -0.2) is 27.0 Å². The van der Waals surface area contributed by atoms with Crippen molar-refractivity contribution in [3.63, 3.8) is 0 Å². The molecule has 0 unspecified atom stereocenters. The molecule has 4 aromatic rings. The molecule has 0 saturated heterocycles. The second-order valence-electron chi connectivity index (χ2n) is 7.35. The first-order valence-corrected chi connectivity index (χ1v) is 11.8. The molecule has 3 heterocycles. The fourth-order valence-electron chi connectivity index (χ4n) is 3.60. The van der Waals surface area contributed by atoms with Gasteiger partial charge in [-0.3, -0.25) is 9.52 Å². The first-order valence-electron chi connectivity index (χ1n) is 9.43. The lowest BCUT2D eigenvalue weighted by Gasteiger charge is -2.08. The van der Waals surface area contributed by atoms with Crippen LogP contribution in [0.1, 0.15) is 22.3 Å². The summed E-state index contributed by atoms with van der Waals surface area (Å²) < 4.78 is 34.7. The summed E-state index contributed by atoms with van der Waals surface area (Å²) in [6, 6.07) is 5.77. The summed E-state index contributed by atoms with van der Waals surface area (Å²) >= 11 is 1.20. The maximum atomic E-state index is 12.7. The van der Waals surface area contributed by atoms with E-state index in [1.54, 1.807) is 25.4 Å². The molecule has 0 atom stereocenters. The van der Waals surface area contributed by atoms with Crippen molar-refractivity contribution >= 4 is 39.0 Å². The number of benzene rings is 1. The third-order valence-corrected chi connectivity index (χ3v) is 6.73. The van der Waals surface area contributed by atoms with Crippen LogP contribution >= 0.6 is 11.5 Å². The Morgan fingerprint density at radius 3 is 2.52 bits per heavy atom. The zero-order chi connectivity index (χ0) is 22.3. The maximum absolute atomic E-state index is 12.7. The van der Waals surface area contributed by atoms with E-state index >= 15 is 0 Å². The van der Waals surface area contributed by atoms with Crippen molar-refractivity contribution < 1.29 is 8.42 Å². The van der Waals surface area contributed by atoms with Gasteiger partial charge in [0.15, 0.2) is 5.65 Å². The monoisotopic (exact) mass is 455 g/mol. The van der Waals surface area contributed by atoms with Crippen LogP contribution in [0.4, 0.5) is 5.69 Å². The van der Waals surface area contributed by atoms with Crippen molar-refractivity contribution in [3.05, 3.63) is 74.8 Å². The van der Waals surface area contributed by atoms with Gasteiger partial charge in [-0.1, -0.05) is 17.7 Å². The predicted octanol–water partition coefficient (Wildman–Crippen LogP) is 3.49. The molecule has 3 aromatic heterocycles. The number of hydrogen-bond donors (Lipinski definition) is 1. The molecule has 31 heavy (non-hydrogen) atoms. The highest BCUT2D eigenvalue weighted by Crippen LogP contribution is 2.24. The average molecular weight is 456 g/mol. The number of nitrogens with zero attached hydrogens (tertiary/aromatic N) is 4. The Labute approximate surface area is 183 Å². The van der Waals surface area contributed by atoms with E-state index < -0.39 is 10.0 Å².